The number of phenolic OH excluding ortho intramolecular Hbond substituents is 1. The monoisotopic (exact) mass is 323 g/mol. The number of ether oxygens (including phenoxy) is 1. The van der Waals surface area contributed by atoms with E-state index in [1.807, 2.05) is 0 Å². The lowest BCUT2D eigenvalue weighted by Crippen LogP contribution is -2.50. The maximum atomic E-state index is 12.2. The van der Waals surface area contributed by atoms with Crippen molar-refractivity contribution in [2.75, 3.05) is 0 Å². The number of phenols is 1. The Morgan fingerprint density at radius 1 is 1.17 bits per heavy atom. The molecule has 1 atom stereocenters. The molecular formula is C16H21NO6. The molecule has 0 aliphatic heterocycles. The number of carbonyl (C=O) groups is 3. The molecule has 7 nitrogen and oxygen atoms in total. The quantitative estimate of drug-likeness (QED) is 0.880. The highest BCUT2D eigenvalue weighted by Crippen LogP contribution is 2.17. The summed E-state index contributed by atoms with van der Waals surface area (Å²) < 4.78 is 5.11. The SMILES string of the molecule is CC(=O)N(C(=O)OC(C)(C)C)[C@@H](Cc1ccc(O)cc1)C(=O)O. The number of aromatic hydroxyl groups is 1. The molecule has 2 amide bonds. The van der Waals surface area contributed by atoms with Gasteiger partial charge in [-0.05, 0) is 38.5 Å². The van der Waals surface area contributed by atoms with Crippen molar-refractivity contribution in [2.24, 2.45) is 0 Å². The van der Waals surface area contributed by atoms with Gasteiger partial charge in [-0.2, -0.15) is 0 Å². The average Bonchev–Trinajstić information content (AvgIpc) is 2.37. The molecule has 0 saturated carbocycles. The third-order valence-corrected chi connectivity index (χ3v) is 2.89. The minimum absolute atomic E-state index is 0.0381. The van der Waals surface area contributed by atoms with Crippen LogP contribution in [0.4, 0.5) is 4.79 Å². The fraction of sp³-hybridized carbons (Fsp3) is 0.438. The van der Waals surface area contributed by atoms with Crippen LogP contribution in [0.3, 0.4) is 0 Å². The Bertz CT molecular complexity index is 588. The van der Waals surface area contributed by atoms with Crippen LogP contribution in [0.5, 0.6) is 5.75 Å². The number of aliphatic carboxylic acids is 1. The Kier molecular flexibility index (Phi) is 5.73. The van der Waals surface area contributed by atoms with E-state index in [0.29, 0.717) is 10.5 Å². The Morgan fingerprint density at radius 2 is 1.70 bits per heavy atom. The average molecular weight is 323 g/mol. The summed E-state index contributed by atoms with van der Waals surface area (Å²) in [6.07, 6.45) is -1.09. The number of rotatable bonds is 4. The van der Waals surface area contributed by atoms with Crippen molar-refractivity contribution in [3.63, 3.8) is 0 Å². The highest BCUT2D eigenvalue weighted by Gasteiger charge is 2.36. The third-order valence-electron chi connectivity index (χ3n) is 2.89. The Labute approximate surface area is 134 Å². The molecule has 0 aromatic heterocycles. The van der Waals surface area contributed by atoms with Gasteiger partial charge in [0.1, 0.15) is 17.4 Å². The number of benzene rings is 1. The number of carboxylic acid groups (broad SMARTS) is 1. The maximum Gasteiger partial charge on any atom is 0.417 e. The zero-order chi connectivity index (χ0) is 17.8. The smallest absolute Gasteiger partial charge is 0.417 e. The molecule has 1 rings (SSSR count). The van der Waals surface area contributed by atoms with E-state index in [0.717, 1.165) is 6.92 Å². The summed E-state index contributed by atoms with van der Waals surface area (Å²) in [5.41, 5.74) is -0.295. The zero-order valence-electron chi connectivity index (χ0n) is 13.6. The third kappa shape index (κ3) is 5.61. The summed E-state index contributed by atoms with van der Waals surface area (Å²) in [7, 11) is 0. The van der Waals surface area contributed by atoms with Gasteiger partial charge in [-0.15, -0.1) is 0 Å². The van der Waals surface area contributed by atoms with Crippen LogP contribution in [0.1, 0.15) is 33.3 Å². The summed E-state index contributed by atoms with van der Waals surface area (Å²) >= 11 is 0. The molecule has 0 radical (unpaired) electrons. The van der Waals surface area contributed by atoms with E-state index < -0.39 is 29.6 Å². The Balaban J connectivity index is 3.07. The lowest BCUT2D eigenvalue weighted by molar-refractivity contribution is -0.148. The first-order chi connectivity index (χ1) is 10.5. The molecule has 7 heteroatoms. The Hall–Kier alpha value is -2.57. The fourth-order valence-electron chi connectivity index (χ4n) is 1.93. The van der Waals surface area contributed by atoms with Crippen LogP contribution in [-0.4, -0.2) is 44.7 Å². The number of nitrogens with zero attached hydrogens (tertiary/aromatic N) is 1. The molecule has 126 valence electrons. The van der Waals surface area contributed by atoms with E-state index in [-0.39, 0.29) is 12.2 Å². The van der Waals surface area contributed by atoms with Gasteiger partial charge in [0.2, 0.25) is 5.91 Å². The van der Waals surface area contributed by atoms with E-state index >= 15 is 0 Å². The van der Waals surface area contributed by atoms with Crippen molar-refractivity contribution in [2.45, 2.75) is 45.8 Å². The summed E-state index contributed by atoms with van der Waals surface area (Å²) in [6.45, 7) is 5.98. The zero-order valence-corrected chi connectivity index (χ0v) is 13.6. The summed E-state index contributed by atoms with van der Waals surface area (Å²) in [4.78, 5) is 36.1. The van der Waals surface area contributed by atoms with Gasteiger partial charge >= 0.3 is 12.1 Å². The van der Waals surface area contributed by atoms with Gasteiger partial charge < -0.3 is 14.9 Å². The first kappa shape index (κ1) is 18.5. The first-order valence-electron chi connectivity index (χ1n) is 7.05. The standard InChI is InChI=1S/C16H21NO6/c1-10(18)17(15(22)23-16(2,3)4)13(14(20)21)9-11-5-7-12(19)8-6-11/h5-8,13,19H,9H2,1-4H3,(H,20,21)/t13-/m0/s1. The molecule has 0 aliphatic rings. The molecule has 0 saturated heterocycles. The van der Waals surface area contributed by atoms with Crippen molar-refractivity contribution in [1.29, 1.82) is 0 Å². The molecular weight excluding hydrogens is 302 g/mol. The van der Waals surface area contributed by atoms with Crippen LogP contribution in [0, 0.1) is 0 Å². The lowest BCUT2D eigenvalue weighted by atomic mass is 10.0. The van der Waals surface area contributed by atoms with Gasteiger partial charge in [0.25, 0.3) is 0 Å². The molecule has 1 aromatic carbocycles. The number of hydrogen-bond donors (Lipinski definition) is 2. The van der Waals surface area contributed by atoms with Gasteiger partial charge in [0, 0.05) is 13.3 Å². The van der Waals surface area contributed by atoms with Gasteiger partial charge in [-0.25, -0.2) is 14.5 Å². The second kappa shape index (κ2) is 7.13. The lowest BCUT2D eigenvalue weighted by Gasteiger charge is -2.29. The normalized spacial score (nSPS) is 12.3. The summed E-state index contributed by atoms with van der Waals surface area (Å²) in [5, 5.41) is 18.7. The maximum absolute atomic E-state index is 12.2. The molecule has 0 fully saturated rings. The summed E-state index contributed by atoms with van der Waals surface area (Å²) in [5.74, 6) is -2.00. The van der Waals surface area contributed by atoms with Gasteiger partial charge in [-0.3, -0.25) is 4.79 Å². The molecule has 23 heavy (non-hydrogen) atoms. The molecule has 2 N–H and O–H groups in total. The number of hydrogen-bond acceptors (Lipinski definition) is 5. The molecule has 0 unspecified atom stereocenters. The van der Waals surface area contributed by atoms with Crippen molar-refractivity contribution in [1.82, 2.24) is 4.90 Å². The number of imide groups is 1. The number of carboxylic acids is 1. The molecule has 0 aliphatic carbocycles. The van der Waals surface area contributed by atoms with Crippen molar-refractivity contribution < 1.29 is 29.3 Å². The van der Waals surface area contributed by atoms with Crippen LogP contribution in [0.2, 0.25) is 0 Å². The molecule has 0 bridgehead atoms. The largest absolute Gasteiger partial charge is 0.508 e. The second-order valence-electron chi connectivity index (χ2n) is 6.09. The Morgan fingerprint density at radius 3 is 2.09 bits per heavy atom. The highest BCUT2D eigenvalue weighted by molar-refractivity contribution is 5.95. The van der Waals surface area contributed by atoms with Gasteiger partial charge in [0.15, 0.2) is 0 Å². The van der Waals surface area contributed by atoms with Crippen molar-refractivity contribution in [3.05, 3.63) is 29.8 Å². The highest BCUT2D eigenvalue weighted by atomic mass is 16.6. The fourth-order valence-corrected chi connectivity index (χ4v) is 1.93. The minimum Gasteiger partial charge on any atom is -0.508 e. The number of carbonyl (C=O) groups excluding carboxylic acids is 2. The van der Waals surface area contributed by atoms with E-state index in [4.69, 9.17) is 4.74 Å². The molecule has 0 heterocycles. The van der Waals surface area contributed by atoms with E-state index in [1.165, 1.54) is 24.3 Å². The number of amides is 2. The van der Waals surface area contributed by atoms with E-state index in [1.54, 1.807) is 20.8 Å². The molecule has 0 spiro atoms. The minimum atomic E-state index is -1.40. The van der Waals surface area contributed by atoms with Crippen LogP contribution in [0.25, 0.3) is 0 Å². The van der Waals surface area contributed by atoms with Crippen molar-refractivity contribution >= 4 is 18.0 Å². The van der Waals surface area contributed by atoms with Crippen LogP contribution in [0.15, 0.2) is 24.3 Å². The summed E-state index contributed by atoms with van der Waals surface area (Å²) in [6, 6.07) is 4.46. The van der Waals surface area contributed by atoms with E-state index in [9.17, 15) is 24.6 Å². The van der Waals surface area contributed by atoms with E-state index in [2.05, 4.69) is 0 Å². The topological polar surface area (TPSA) is 104 Å². The van der Waals surface area contributed by atoms with Gasteiger partial charge in [0.05, 0.1) is 0 Å². The molecule has 1 aromatic rings. The first-order valence-corrected chi connectivity index (χ1v) is 7.05. The van der Waals surface area contributed by atoms with Crippen LogP contribution >= 0.6 is 0 Å². The van der Waals surface area contributed by atoms with Crippen LogP contribution < -0.4 is 0 Å². The predicted molar refractivity (Wildman–Crippen MR) is 82.0 cm³/mol. The van der Waals surface area contributed by atoms with Crippen LogP contribution in [-0.2, 0) is 20.7 Å². The predicted octanol–water partition coefficient (Wildman–Crippen LogP) is 2.17. The van der Waals surface area contributed by atoms with Crippen molar-refractivity contribution in [3.8, 4) is 5.75 Å². The van der Waals surface area contributed by atoms with Gasteiger partial charge in [-0.1, -0.05) is 12.1 Å². The second-order valence-corrected chi connectivity index (χ2v) is 6.09.